The molecule has 0 atom stereocenters. The molecular formula is C12H14N2O4. The number of amides is 2. The van der Waals surface area contributed by atoms with E-state index in [0.29, 0.717) is 24.6 Å². The predicted octanol–water partition coefficient (Wildman–Crippen LogP) is -0.0861. The van der Waals surface area contributed by atoms with Crippen molar-refractivity contribution in [1.29, 1.82) is 0 Å². The molecule has 0 unspecified atom stereocenters. The van der Waals surface area contributed by atoms with Gasteiger partial charge < -0.3 is 15.2 Å². The van der Waals surface area contributed by atoms with Gasteiger partial charge in [-0.3, -0.25) is 9.59 Å². The van der Waals surface area contributed by atoms with E-state index < -0.39 is 0 Å². The van der Waals surface area contributed by atoms with Gasteiger partial charge in [0, 0.05) is 6.54 Å². The highest BCUT2D eigenvalue weighted by Crippen LogP contribution is 2.21. The minimum Gasteiger partial charge on any atom is -0.492 e. The number of imide groups is 1. The Kier molecular flexibility index (Phi) is 3.91. The van der Waals surface area contributed by atoms with Gasteiger partial charge in [-0.05, 0) is 24.3 Å². The van der Waals surface area contributed by atoms with Crippen LogP contribution in [0, 0.1) is 0 Å². The van der Waals surface area contributed by atoms with E-state index in [-0.39, 0.29) is 25.0 Å². The molecule has 1 fully saturated rings. The Bertz CT molecular complexity index is 428. The zero-order valence-electron chi connectivity index (χ0n) is 9.80. The third-order valence-electron chi connectivity index (χ3n) is 2.43. The number of carbonyl (C=O) groups excluding carboxylic acids is 2. The fraction of sp³-hybridized carbons (Fsp3) is 0.333. The molecule has 96 valence electrons. The summed E-state index contributed by atoms with van der Waals surface area (Å²) in [4.78, 5) is 24.3. The highest BCUT2D eigenvalue weighted by Gasteiger charge is 2.27. The smallest absolute Gasteiger partial charge is 0.259 e. The average Bonchev–Trinajstić information content (AvgIpc) is 2.37. The molecule has 0 aromatic heterocycles. The third-order valence-corrected chi connectivity index (χ3v) is 2.43. The van der Waals surface area contributed by atoms with Crippen LogP contribution in [0.2, 0.25) is 0 Å². The largest absolute Gasteiger partial charge is 0.492 e. The maximum atomic E-state index is 11.6. The quantitative estimate of drug-likeness (QED) is 0.755. The van der Waals surface area contributed by atoms with Crippen molar-refractivity contribution in [2.24, 2.45) is 5.73 Å². The Morgan fingerprint density at radius 3 is 2.33 bits per heavy atom. The van der Waals surface area contributed by atoms with Crippen molar-refractivity contribution in [3.8, 4) is 5.75 Å². The Labute approximate surface area is 104 Å². The molecule has 0 saturated carbocycles. The van der Waals surface area contributed by atoms with Crippen LogP contribution in [0.4, 0.5) is 5.69 Å². The van der Waals surface area contributed by atoms with Crippen molar-refractivity contribution >= 4 is 17.5 Å². The van der Waals surface area contributed by atoms with Gasteiger partial charge >= 0.3 is 0 Å². The molecule has 1 aliphatic heterocycles. The maximum absolute atomic E-state index is 11.6. The summed E-state index contributed by atoms with van der Waals surface area (Å²) in [5.41, 5.74) is 5.84. The normalized spacial score (nSPS) is 15.9. The van der Waals surface area contributed by atoms with Crippen LogP contribution >= 0.6 is 0 Å². The lowest BCUT2D eigenvalue weighted by Gasteiger charge is -2.24. The van der Waals surface area contributed by atoms with Crippen molar-refractivity contribution in [3.63, 3.8) is 0 Å². The Balaban J connectivity index is 2.12. The molecule has 1 saturated heterocycles. The first-order chi connectivity index (χ1) is 8.72. The summed E-state index contributed by atoms with van der Waals surface area (Å²) in [7, 11) is 0. The molecule has 18 heavy (non-hydrogen) atoms. The fourth-order valence-corrected chi connectivity index (χ4v) is 1.65. The van der Waals surface area contributed by atoms with Crippen LogP contribution < -0.4 is 15.4 Å². The van der Waals surface area contributed by atoms with Gasteiger partial charge in [0.25, 0.3) is 11.8 Å². The van der Waals surface area contributed by atoms with Gasteiger partial charge in [0.05, 0.1) is 5.69 Å². The van der Waals surface area contributed by atoms with Gasteiger partial charge in [-0.25, -0.2) is 4.90 Å². The Hall–Kier alpha value is -1.92. The van der Waals surface area contributed by atoms with Crippen LogP contribution in [0.3, 0.4) is 0 Å². The SMILES string of the molecule is NCCOc1ccc(N2C(=O)COCC2=O)cc1. The number of morpholine rings is 1. The minimum atomic E-state index is -0.359. The molecule has 6 nitrogen and oxygen atoms in total. The molecule has 6 heteroatoms. The molecule has 1 heterocycles. The lowest BCUT2D eigenvalue weighted by atomic mass is 10.2. The number of hydrogen-bond acceptors (Lipinski definition) is 5. The first-order valence-electron chi connectivity index (χ1n) is 5.59. The lowest BCUT2D eigenvalue weighted by molar-refractivity contribution is -0.138. The van der Waals surface area contributed by atoms with Gasteiger partial charge in [-0.2, -0.15) is 0 Å². The van der Waals surface area contributed by atoms with Crippen LogP contribution in [0.15, 0.2) is 24.3 Å². The summed E-state index contributed by atoms with van der Waals surface area (Å²) in [6.07, 6.45) is 0. The summed E-state index contributed by atoms with van der Waals surface area (Å²) in [6, 6.07) is 6.71. The minimum absolute atomic E-state index is 0.0723. The molecule has 0 spiro atoms. The van der Waals surface area contributed by atoms with E-state index >= 15 is 0 Å². The van der Waals surface area contributed by atoms with Crippen LogP contribution in [0.5, 0.6) is 5.75 Å². The number of benzene rings is 1. The van der Waals surface area contributed by atoms with E-state index in [1.165, 1.54) is 0 Å². The number of anilines is 1. The van der Waals surface area contributed by atoms with E-state index in [0.717, 1.165) is 4.90 Å². The topological polar surface area (TPSA) is 81.9 Å². The van der Waals surface area contributed by atoms with Crippen molar-refractivity contribution in [3.05, 3.63) is 24.3 Å². The highest BCUT2D eigenvalue weighted by atomic mass is 16.5. The number of carbonyl (C=O) groups is 2. The number of rotatable bonds is 4. The first kappa shape index (κ1) is 12.5. The van der Waals surface area contributed by atoms with Crippen LogP contribution in [0.1, 0.15) is 0 Å². The van der Waals surface area contributed by atoms with Crippen LogP contribution in [-0.4, -0.2) is 38.2 Å². The van der Waals surface area contributed by atoms with E-state index in [2.05, 4.69) is 0 Å². The summed E-state index contributed by atoms with van der Waals surface area (Å²) in [6.45, 7) is 0.714. The summed E-state index contributed by atoms with van der Waals surface area (Å²) >= 11 is 0. The summed E-state index contributed by atoms with van der Waals surface area (Å²) < 4.78 is 10.2. The zero-order valence-corrected chi connectivity index (χ0v) is 9.80. The Morgan fingerprint density at radius 1 is 1.17 bits per heavy atom. The molecule has 0 bridgehead atoms. The molecule has 2 amide bonds. The second-order valence-corrected chi connectivity index (χ2v) is 3.75. The monoisotopic (exact) mass is 250 g/mol. The van der Waals surface area contributed by atoms with Gasteiger partial charge in [0.1, 0.15) is 25.6 Å². The molecule has 1 aromatic carbocycles. The number of ether oxygens (including phenoxy) is 2. The summed E-state index contributed by atoms with van der Waals surface area (Å²) in [5.74, 6) is -0.0684. The second-order valence-electron chi connectivity index (χ2n) is 3.75. The van der Waals surface area contributed by atoms with Crippen molar-refractivity contribution in [2.75, 3.05) is 31.3 Å². The Morgan fingerprint density at radius 2 is 1.78 bits per heavy atom. The molecule has 2 rings (SSSR count). The molecule has 0 radical (unpaired) electrons. The van der Waals surface area contributed by atoms with Gasteiger partial charge in [0.15, 0.2) is 0 Å². The van der Waals surface area contributed by atoms with Gasteiger partial charge in [0.2, 0.25) is 0 Å². The van der Waals surface area contributed by atoms with Gasteiger partial charge in [-0.15, -0.1) is 0 Å². The van der Waals surface area contributed by atoms with Crippen molar-refractivity contribution < 1.29 is 19.1 Å². The fourth-order valence-electron chi connectivity index (χ4n) is 1.65. The number of nitrogens with two attached hydrogens (primary N) is 1. The van der Waals surface area contributed by atoms with Crippen LogP contribution in [-0.2, 0) is 14.3 Å². The molecule has 1 aliphatic rings. The highest BCUT2D eigenvalue weighted by molar-refractivity contribution is 6.16. The number of hydrogen-bond donors (Lipinski definition) is 1. The maximum Gasteiger partial charge on any atom is 0.259 e. The predicted molar refractivity (Wildman–Crippen MR) is 64.3 cm³/mol. The van der Waals surface area contributed by atoms with Crippen LogP contribution in [0.25, 0.3) is 0 Å². The average molecular weight is 250 g/mol. The standard InChI is InChI=1S/C12H14N2O4/c13-5-6-18-10-3-1-9(2-4-10)14-11(15)7-17-8-12(14)16/h1-4H,5-8,13H2. The molecule has 0 aliphatic carbocycles. The molecule has 2 N–H and O–H groups in total. The van der Waals surface area contributed by atoms with Crippen molar-refractivity contribution in [1.82, 2.24) is 0 Å². The number of nitrogens with zero attached hydrogens (tertiary/aromatic N) is 1. The third kappa shape index (κ3) is 2.66. The second kappa shape index (κ2) is 5.61. The molecular weight excluding hydrogens is 236 g/mol. The lowest BCUT2D eigenvalue weighted by Crippen LogP contribution is -2.46. The van der Waals surface area contributed by atoms with E-state index in [1.54, 1.807) is 24.3 Å². The van der Waals surface area contributed by atoms with Gasteiger partial charge in [-0.1, -0.05) is 0 Å². The zero-order chi connectivity index (χ0) is 13.0. The first-order valence-corrected chi connectivity index (χ1v) is 5.59. The van der Waals surface area contributed by atoms with E-state index in [1.807, 2.05) is 0 Å². The van der Waals surface area contributed by atoms with Crippen molar-refractivity contribution in [2.45, 2.75) is 0 Å². The molecule has 1 aromatic rings. The summed E-state index contributed by atoms with van der Waals surface area (Å²) in [5, 5.41) is 0. The van der Waals surface area contributed by atoms with E-state index in [4.69, 9.17) is 15.2 Å². The van der Waals surface area contributed by atoms with E-state index in [9.17, 15) is 9.59 Å².